The number of rotatable bonds is 6. The van der Waals surface area contributed by atoms with Crippen LogP contribution in [-0.2, 0) is 0 Å². The second-order valence-electron chi connectivity index (χ2n) is 8.23. The standard InChI is InChI=1S/C23H25F2N5O2/c1-12(2)28-22(32)15-4-3-5-18(19(15)25)29-20-16(13-6-7-13)10-14(11-17(20)24)21(31)30-23-26-8-9-27-23/h3-5,10-13,29H,6-9H2,1-2H3,(H,28,32)(H2,26,27,30,31). The smallest absolute Gasteiger partial charge is 0.258 e. The van der Waals surface area contributed by atoms with Crippen molar-refractivity contribution in [2.45, 2.75) is 38.6 Å². The van der Waals surface area contributed by atoms with Crippen molar-refractivity contribution in [3.63, 3.8) is 0 Å². The summed E-state index contributed by atoms with van der Waals surface area (Å²) in [6.07, 6.45) is 1.71. The fraction of sp³-hybridized carbons (Fsp3) is 0.348. The summed E-state index contributed by atoms with van der Waals surface area (Å²) in [5, 5.41) is 11.0. The minimum absolute atomic E-state index is 0.0103. The van der Waals surface area contributed by atoms with Crippen LogP contribution in [0.3, 0.4) is 0 Å². The van der Waals surface area contributed by atoms with E-state index in [1.165, 1.54) is 18.2 Å². The molecule has 0 radical (unpaired) electrons. The fourth-order valence-electron chi connectivity index (χ4n) is 3.55. The van der Waals surface area contributed by atoms with Crippen LogP contribution in [0.5, 0.6) is 0 Å². The molecule has 7 nitrogen and oxygen atoms in total. The lowest BCUT2D eigenvalue weighted by molar-refractivity contribution is 0.0937. The van der Waals surface area contributed by atoms with Gasteiger partial charge in [-0.15, -0.1) is 0 Å². The predicted molar refractivity (Wildman–Crippen MR) is 118 cm³/mol. The van der Waals surface area contributed by atoms with Gasteiger partial charge < -0.3 is 16.0 Å². The maximum absolute atomic E-state index is 15.1. The van der Waals surface area contributed by atoms with Crippen LogP contribution in [0.25, 0.3) is 0 Å². The van der Waals surface area contributed by atoms with Gasteiger partial charge >= 0.3 is 0 Å². The Morgan fingerprint density at radius 2 is 1.94 bits per heavy atom. The highest BCUT2D eigenvalue weighted by Crippen LogP contribution is 2.45. The van der Waals surface area contributed by atoms with Gasteiger partial charge in [-0.1, -0.05) is 6.07 Å². The number of nitrogens with zero attached hydrogens (tertiary/aromatic N) is 1. The minimum Gasteiger partial charge on any atom is -0.354 e. The van der Waals surface area contributed by atoms with Crippen molar-refractivity contribution in [2.24, 2.45) is 4.99 Å². The summed E-state index contributed by atoms with van der Waals surface area (Å²) in [7, 11) is 0. The minimum atomic E-state index is -0.765. The highest BCUT2D eigenvalue weighted by Gasteiger charge is 2.30. The Morgan fingerprint density at radius 3 is 2.59 bits per heavy atom. The van der Waals surface area contributed by atoms with Crippen LogP contribution in [0.4, 0.5) is 20.2 Å². The van der Waals surface area contributed by atoms with E-state index in [1.807, 2.05) is 0 Å². The highest BCUT2D eigenvalue weighted by molar-refractivity contribution is 6.06. The van der Waals surface area contributed by atoms with E-state index in [9.17, 15) is 9.59 Å². The summed E-state index contributed by atoms with van der Waals surface area (Å²) in [6, 6.07) is 6.95. The summed E-state index contributed by atoms with van der Waals surface area (Å²) in [4.78, 5) is 28.9. The zero-order valence-electron chi connectivity index (χ0n) is 17.9. The molecule has 0 unspecified atom stereocenters. The summed E-state index contributed by atoms with van der Waals surface area (Å²) in [6.45, 7) is 4.77. The van der Waals surface area contributed by atoms with Crippen LogP contribution in [0, 0.1) is 11.6 Å². The van der Waals surface area contributed by atoms with Crippen LogP contribution in [0.15, 0.2) is 35.3 Å². The van der Waals surface area contributed by atoms with Gasteiger partial charge in [0.25, 0.3) is 11.8 Å². The molecular weight excluding hydrogens is 416 g/mol. The first-order valence-electron chi connectivity index (χ1n) is 10.6. The van der Waals surface area contributed by atoms with Crippen LogP contribution in [0.1, 0.15) is 58.9 Å². The van der Waals surface area contributed by atoms with E-state index >= 15 is 8.78 Å². The van der Waals surface area contributed by atoms with Crippen molar-refractivity contribution in [3.05, 3.63) is 58.7 Å². The molecule has 2 aromatic rings. The Morgan fingerprint density at radius 1 is 1.16 bits per heavy atom. The Labute approximate surface area is 184 Å². The summed E-state index contributed by atoms with van der Waals surface area (Å²) in [5.41, 5.74) is 0.743. The van der Waals surface area contributed by atoms with Gasteiger partial charge in [-0.3, -0.25) is 19.9 Å². The quantitative estimate of drug-likeness (QED) is 0.553. The van der Waals surface area contributed by atoms with Crippen molar-refractivity contribution in [3.8, 4) is 0 Å². The number of carbonyl (C=O) groups excluding carboxylic acids is 2. The topological polar surface area (TPSA) is 94.6 Å². The molecule has 2 aliphatic rings. The van der Waals surface area contributed by atoms with Crippen molar-refractivity contribution < 1.29 is 18.4 Å². The predicted octanol–water partition coefficient (Wildman–Crippen LogP) is 3.41. The van der Waals surface area contributed by atoms with Gasteiger partial charge in [0.2, 0.25) is 0 Å². The van der Waals surface area contributed by atoms with Gasteiger partial charge in [0.1, 0.15) is 5.82 Å². The number of hydrogen-bond acceptors (Lipinski definition) is 5. The van der Waals surface area contributed by atoms with Gasteiger partial charge in [0.05, 0.1) is 23.5 Å². The van der Waals surface area contributed by atoms with Crippen LogP contribution >= 0.6 is 0 Å². The molecule has 0 aromatic heterocycles. The fourth-order valence-corrected chi connectivity index (χ4v) is 3.55. The van der Waals surface area contributed by atoms with E-state index in [0.29, 0.717) is 24.6 Å². The molecule has 0 bridgehead atoms. The number of carbonyl (C=O) groups is 2. The lowest BCUT2D eigenvalue weighted by atomic mass is 10.0. The molecule has 1 fully saturated rings. The third-order valence-electron chi connectivity index (χ3n) is 5.23. The van der Waals surface area contributed by atoms with E-state index in [-0.39, 0.29) is 34.5 Å². The maximum Gasteiger partial charge on any atom is 0.258 e. The lowest BCUT2D eigenvalue weighted by Gasteiger charge is -2.17. The third kappa shape index (κ3) is 4.71. The van der Waals surface area contributed by atoms with E-state index in [0.717, 1.165) is 18.9 Å². The SMILES string of the molecule is CC(C)NC(=O)c1cccc(Nc2c(F)cc(C(=O)NC3=NCCN3)cc2C2CC2)c1F. The molecule has 2 amide bonds. The van der Waals surface area contributed by atoms with E-state index in [4.69, 9.17) is 0 Å². The average Bonchev–Trinajstić information content (AvgIpc) is 3.46. The van der Waals surface area contributed by atoms with Crippen LogP contribution in [0.2, 0.25) is 0 Å². The Balaban J connectivity index is 1.63. The van der Waals surface area contributed by atoms with Crippen LogP contribution < -0.4 is 21.3 Å². The summed E-state index contributed by atoms with van der Waals surface area (Å²) < 4.78 is 30.2. The second-order valence-corrected chi connectivity index (χ2v) is 8.23. The number of nitrogens with one attached hydrogen (secondary N) is 4. The number of hydrogen-bond donors (Lipinski definition) is 4. The lowest BCUT2D eigenvalue weighted by Crippen LogP contribution is -2.38. The van der Waals surface area contributed by atoms with Crippen molar-refractivity contribution in [2.75, 3.05) is 18.4 Å². The van der Waals surface area contributed by atoms with Crippen LogP contribution in [-0.4, -0.2) is 36.9 Å². The zero-order chi connectivity index (χ0) is 22.8. The molecular formula is C23H25F2N5O2. The summed E-state index contributed by atoms with van der Waals surface area (Å²) in [5.74, 6) is -2.00. The van der Waals surface area contributed by atoms with E-state index in [1.54, 1.807) is 19.9 Å². The summed E-state index contributed by atoms with van der Waals surface area (Å²) >= 11 is 0. The zero-order valence-corrected chi connectivity index (χ0v) is 17.9. The van der Waals surface area contributed by atoms with E-state index < -0.39 is 23.4 Å². The van der Waals surface area contributed by atoms with Gasteiger partial charge in [-0.2, -0.15) is 0 Å². The maximum atomic E-state index is 15.1. The molecule has 1 aliphatic carbocycles. The first kappa shape index (κ1) is 21.7. The van der Waals surface area contributed by atoms with Crippen molar-refractivity contribution in [1.29, 1.82) is 0 Å². The second kappa shape index (κ2) is 8.94. The molecule has 4 N–H and O–H groups in total. The van der Waals surface area contributed by atoms with E-state index in [2.05, 4.69) is 26.3 Å². The van der Waals surface area contributed by atoms with Gasteiger partial charge in [-0.05, 0) is 62.4 Å². The number of guanidine groups is 1. The highest BCUT2D eigenvalue weighted by atomic mass is 19.1. The monoisotopic (exact) mass is 441 g/mol. The van der Waals surface area contributed by atoms with Crippen molar-refractivity contribution >= 4 is 29.1 Å². The molecule has 168 valence electrons. The number of halogens is 2. The molecule has 0 atom stereocenters. The Kier molecular flexibility index (Phi) is 6.07. The Hall–Kier alpha value is -3.49. The first-order chi connectivity index (χ1) is 15.3. The van der Waals surface area contributed by atoms with Gasteiger partial charge in [0.15, 0.2) is 11.8 Å². The average molecular weight is 441 g/mol. The molecule has 1 saturated carbocycles. The molecule has 4 rings (SSSR count). The first-order valence-corrected chi connectivity index (χ1v) is 10.6. The normalized spacial score (nSPS) is 15.2. The molecule has 9 heteroatoms. The van der Waals surface area contributed by atoms with Crippen molar-refractivity contribution in [1.82, 2.24) is 16.0 Å². The number of amides is 2. The molecule has 0 saturated heterocycles. The largest absolute Gasteiger partial charge is 0.354 e. The third-order valence-corrected chi connectivity index (χ3v) is 5.23. The number of anilines is 2. The molecule has 1 aliphatic heterocycles. The number of benzene rings is 2. The van der Waals surface area contributed by atoms with Gasteiger partial charge in [-0.25, -0.2) is 8.78 Å². The molecule has 2 aromatic carbocycles. The molecule has 32 heavy (non-hydrogen) atoms. The Bertz CT molecular complexity index is 1100. The molecule has 1 heterocycles. The molecule has 0 spiro atoms. The van der Waals surface area contributed by atoms with Gasteiger partial charge in [0, 0.05) is 18.2 Å². The number of aliphatic imine (C=N–C) groups is 1.